The molecule has 1 heterocycles. The maximum Gasteiger partial charge on any atom is 0.225 e. The normalized spacial score (nSPS) is 22.1. The monoisotopic (exact) mass is 317 g/mol. The third-order valence-electron chi connectivity index (χ3n) is 4.33. The van der Waals surface area contributed by atoms with Crippen molar-refractivity contribution in [1.29, 1.82) is 0 Å². The van der Waals surface area contributed by atoms with Gasteiger partial charge < -0.3 is 14.4 Å². The summed E-state index contributed by atoms with van der Waals surface area (Å²) in [5, 5.41) is 0. The van der Waals surface area contributed by atoms with Crippen LogP contribution in [0.5, 0.6) is 0 Å². The van der Waals surface area contributed by atoms with Crippen LogP contribution in [0, 0.1) is 5.92 Å². The summed E-state index contributed by atoms with van der Waals surface area (Å²) in [6.07, 6.45) is 3.94. The molecule has 0 bridgehead atoms. The molecule has 0 saturated carbocycles. The minimum Gasteiger partial charge on any atom is -0.375 e. The summed E-state index contributed by atoms with van der Waals surface area (Å²) in [5.74, 6) is 0.293. The van der Waals surface area contributed by atoms with Crippen molar-refractivity contribution in [2.75, 3.05) is 13.7 Å². The number of carbonyl (C=O) groups is 1. The molecule has 1 aliphatic rings. The fraction of sp³-hybridized carbons (Fsp3) is 0.526. The van der Waals surface area contributed by atoms with Crippen molar-refractivity contribution in [2.45, 2.75) is 45.1 Å². The quantitative estimate of drug-likeness (QED) is 0.690. The van der Waals surface area contributed by atoms with Crippen molar-refractivity contribution >= 4 is 5.91 Å². The number of allylic oxidation sites excluding steroid dienone is 1. The number of ether oxygens (including phenoxy) is 2. The van der Waals surface area contributed by atoms with Crippen LogP contribution < -0.4 is 0 Å². The number of methoxy groups -OCH3 is 1. The smallest absolute Gasteiger partial charge is 0.225 e. The summed E-state index contributed by atoms with van der Waals surface area (Å²) in [5.41, 5.74) is 1.15. The average molecular weight is 317 g/mol. The van der Waals surface area contributed by atoms with E-state index in [2.05, 4.69) is 6.58 Å². The molecule has 0 aromatic heterocycles. The number of benzene rings is 1. The van der Waals surface area contributed by atoms with E-state index in [-0.39, 0.29) is 24.1 Å². The van der Waals surface area contributed by atoms with Crippen LogP contribution in [-0.2, 0) is 20.9 Å². The van der Waals surface area contributed by atoms with Crippen LogP contribution in [0.25, 0.3) is 0 Å². The first-order valence-electron chi connectivity index (χ1n) is 8.24. The van der Waals surface area contributed by atoms with Gasteiger partial charge in [-0.25, -0.2) is 0 Å². The second-order valence-electron chi connectivity index (χ2n) is 6.14. The van der Waals surface area contributed by atoms with Gasteiger partial charge in [0, 0.05) is 13.5 Å². The summed E-state index contributed by atoms with van der Waals surface area (Å²) >= 11 is 0. The lowest BCUT2D eigenvalue weighted by Gasteiger charge is -2.30. The second kappa shape index (κ2) is 8.85. The topological polar surface area (TPSA) is 38.8 Å². The lowest BCUT2D eigenvalue weighted by atomic mass is 10.1. The van der Waals surface area contributed by atoms with E-state index in [0.717, 1.165) is 18.4 Å². The fourth-order valence-electron chi connectivity index (χ4n) is 2.96. The standard InChI is InChI=1S/C19H27NO3/c1-4-15(2)12-18(21)20-17(10-11-19(20)22-3)14-23-13-16-8-6-5-7-9-16/h4-9,15,17,19H,1,10-14H2,2-3H3/t15?,17-,19?/m0/s1. The zero-order chi connectivity index (χ0) is 16.7. The third kappa shape index (κ3) is 4.91. The number of hydrogen-bond donors (Lipinski definition) is 0. The van der Waals surface area contributed by atoms with E-state index >= 15 is 0 Å². The summed E-state index contributed by atoms with van der Waals surface area (Å²) in [7, 11) is 1.66. The van der Waals surface area contributed by atoms with Crippen molar-refractivity contribution < 1.29 is 14.3 Å². The molecule has 0 spiro atoms. The van der Waals surface area contributed by atoms with Gasteiger partial charge in [0.05, 0.1) is 19.3 Å². The first-order chi connectivity index (χ1) is 11.2. The number of amides is 1. The molecule has 1 aliphatic heterocycles. The number of rotatable bonds is 8. The van der Waals surface area contributed by atoms with E-state index in [0.29, 0.717) is 19.6 Å². The van der Waals surface area contributed by atoms with Gasteiger partial charge in [-0.15, -0.1) is 6.58 Å². The van der Waals surface area contributed by atoms with Crippen LogP contribution in [0.1, 0.15) is 31.7 Å². The van der Waals surface area contributed by atoms with Crippen LogP contribution in [0.15, 0.2) is 43.0 Å². The largest absolute Gasteiger partial charge is 0.375 e. The van der Waals surface area contributed by atoms with Crippen LogP contribution in [-0.4, -0.2) is 36.8 Å². The molecule has 2 rings (SSSR count). The fourth-order valence-corrected chi connectivity index (χ4v) is 2.96. The number of nitrogens with zero attached hydrogens (tertiary/aromatic N) is 1. The Kier molecular flexibility index (Phi) is 6.81. The molecule has 1 amide bonds. The number of hydrogen-bond acceptors (Lipinski definition) is 3. The Morgan fingerprint density at radius 1 is 1.39 bits per heavy atom. The number of likely N-dealkylation sites (tertiary alicyclic amines) is 1. The summed E-state index contributed by atoms with van der Waals surface area (Å²) in [6, 6.07) is 10.2. The van der Waals surface area contributed by atoms with Gasteiger partial charge in [-0.05, 0) is 24.3 Å². The van der Waals surface area contributed by atoms with E-state index < -0.39 is 0 Å². The number of carbonyl (C=O) groups excluding carboxylic acids is 1. The lowest BCUT2D eigenvalue weighted by molar-refractivity contribution is -0.145. The van der Waals surface area contributed by atoms with Gasteiger partial charge in [0.2, 0.25) is 5.91 Å². The predicted molar refractivity (Wildman–Crippen MR) is 90.7 cm³/mol. The lowest BCUT2D eigenvalue weighted by Crippen LogP contribution is -2.44. The average Bonchev–Trinajstić information content (AvgIpc) is 2.98. The Balaban J connectivity index is 1.90. The summed E-state index contributed by atoms with van der Waals surface area (Å²) in [4.78, 5) is 14.4. The van der Waals surface area contributed by atoms with E-state index in [1.165, 1.54) is 0 Å². The van der Waals surface area contributed by atoms with Gasteiger partial charge in [0.1, 0.15) is 6.23 Å². The first-order valence-corrected chi connectivity index (χ1v) is 8.24. The molecular weight excluding hydrogens is 290 g/mol. The van der Waals surface area contributed by atoms with E-state index in [1.54, 1.807) is 7.11 Å². The van der Waals surface area contributed by atoms with Crippen LogP contribution in [0.2, 0.25) is 0 Å². The van der Waals surface area contributed by atoms with Crippen molar-refractivity contribution in [2.24, 2.45) is 5.92 Å². The highest BCUT2D eigenvalue weighted by molar-refractivity contribution is 5.77. The Hall–Kier alpha value is -1.65. The van der Waals surface area contributed by atoms with Crippen molar-refractivity contribution in [3.8, 4) is 0 Å². The molecule has 1 fully saturated rings. The van der Waals surface area contributed by atoms with Gasteiger partial charge in [-0.1, -0.05) is 43.3 Å². The van der Waals surface area contributed by atoms with Crippen LogP contribution >= 0.6 is 0 Å². The minimum atomic E-state index is -0.134. The molecule has 1 saturated heterocycles. The van der Waals surface area contributed by atoms with Gasteiger partial charge in [0.15, 0.2) is 0 Å². The molecule has 126 valence electrons. The zero-order valence-electron chi connectivity index (χ0n) is 14.1. The van der Waals surface area contributed by atoms with Crippen molar-refractivity contribution in [3.63, 3.8) is 0 Å². The third-order valence-corrected chi connectivity index (χ3v) is 4.33. The molecule has 0 N–H and O–H groups in total. The van der Waals surface area contributed by atoms with Gasteiger partial charge >= 0.3 is 0 Å². The highest BCUT2D eigenvalue weighted by Crippen LogP contribution is 2.27. The molecule has 0 aliphatic carbocycles. The SMILES string of the molecule is C=CC(C)CC(=O)N1C(OC)CC[C@H]1COCc1ccccc1. The molecule has 4 nitrogen and oxygen atoms in total. The van der Waals surface area contributed by atoms with E-state index in [1.807, 2.05) is 48.2 Å². The van der Waals surface area contributed by atoms with Crippen molar-refractivity contribution in [1.82, 2.24) is 4.90 Å². The molecule has 3 atom stereocenters. The molecule has 1 aromatic carbocycles. The summed E-state index contributed by atoms with van der Waals surface area (Å²) in [6.45, 7) is 6.87. The van der Waals surface area contributed by atoms with Crippen LogP contribution in [0.3, 0.4) is 0 Å². The highest BCUT2D eigenvalue weighted by atomic mass is 16.5. The molecule has 23 heavy (non-hydrogen) atoms. The molecule has 4 heteroatoms. The molecular formula is C19H27NO3. The Morgan fingerprint density at radius 3 is 2.78 bits per heavy atom. The molecule has 0 radical (unpaired) electrons. The highest BCUT2D eigenvalue weighted by Gasteiger charge is 2.37. The minimum absolute atomic E-state index is 0.0909. The molecule has 1 aromatic rings. The Labute approximate surface area is 139 Å². The van der Waals surface area contributed by atoms with E-state index in [4.69, 9.17) is 9.47 Å². The predicted octanol–water partition coefficient (Wildman–Crippen LogP) is 3.38. The maximum atomic E-state index is 12.6. The van der Waals surface area contributed by atoms with Gasteiger partial charge in [-0.3, -0.25) is 4.79 Å². The Bertz CT molecular complexity index is 503. The van der Waals surface area contributed by atoms with Crippen LogP contribution in [0.4, 0.5) is 0 Å². The Morgan fingerprint density at radius 2 is 2.13 bits per heavy atom. The summed E-state index contributed by atoms with van der Waals surface area (Å²) < 4.78 is 11.3. The zero-order valence-corrected chi connectivity index (χ0v) is 14.1. The van der Waals surface area contributed by atoms with E-state index in [9.17, 15) is 4.79 Å². The second-order valence-corrected chi connectivity index (χ2v) is 6.14. The molecule has 2 unspecified atom stereocenters. The maximum absolute atomic E-state index is 12.6. The van der Waals surface area contributed by atoms with Gasteiger partial charge in [-0.2, -0.15) is 0 Å². The first kappa shape index (κ1) is 17.7. The van der Waals surface area contributed by atoms with Gasteiger partial charge in [0.25, 0.3) is 0 Å². The van der Waals surface area contributed by atoms with Crippen molar-refractivity contribution in [3.05, 3.63) is 48.6 Å².